The minimum atomic E-state index is -0.563. The van der Waals surface area contributed by atoms with E-state index in [1.165, 1.54) is 28.3 Å². The number of pyridine rings is 1. The van der Waals surface area contributed by atoms with Gasteiger partial charge in [-0.2, -0.15) is 9.37 Å². The van der Waals surface area contributed by atoms with Crippen molar-refractivity contribution in [3.63, 3.8) is 0 Å². The lowest BCUT2D eigenvalue weighted by molar-refractivity contribution is 0.569. The molecule has 0 saturated heterocycles. The van der Waals surface area contributed by atoms with Crippen LogP contribution in [0.4, 0.5) is 4.39 Å². The van der Waals surface area contributed by atoms with Gasteiger partial charge in [-0.3, -0.25) is 4.57 Å². The maximum Gasteiger partial charge on any atom is 0.229 e. The molecule has 202 valence electrons. The van der Waals surface area contributed by atoms with Crippen LogP contribution >= 0.6 is 0 Å². The number of hydrogen-bond donors (Lipinski definition) is 0. The fourth-order valence-corrected chi connectivity index (χ4v) is 5.88. The summed E-state index contributed by atoms with van der Waals surface area (Å²) < 4.78 is 22.6. The molecule has 0 aliphatic carbocycles. The number of hydrogen-bond acceptors (Lipinski definition) is 3. The highest BCUT2D eigenvalue weighted by Crippen LogP contribution is 2.42. The van der Waals surface area contributed by atoms with E-state index in [9.17, 15) is 4.39 Å². The van der Waals surface area contributed by atoms with E-state index in [-0.39, 0.29) is 17.5 Å². The summed E-state index contributed by atoms with van der Waals surface area (Å²) in [6, 6.07) is 32.6. The van der Waals surface area contributed by atoms with Gasteiger partial charge in [0.2, 0.25) is 11.7 Å². The molecule has 0 N–H and O–H groups in total. The van der Waals surface area contributed by atoms with E-state index in [0.29, 0.717) is 5.58 Å². The van der Waals surface area contributed by atoms with Crippen LogP contribution in [0.2, 0.25) is 0 Å². The molecular formula is C36H30FN3O. The average Bonchev–Trinajstić information content (AvgIpc) is 3.54. The minimum Gasteiger partial charge on any atom is -0.437 e. The number of benzene rings is 4. The topological polar surface area (TPSA) is 43.9 Å². The van der Waals surface area contributed by atoms with Crippen LogP contribution in [0.25, 0.3) is 61.3 Å². The van der Waals surface area contributed by atoms with Crippen LogP contribution < -0.4 is 0 Å². The van der Waals surface area contributed by atoms with Crippen LogP contribution in [0.5, 0.6) is 0 Å². The molecule has 0 atom stereocenters. The molecule has 0 amide bonds. The molecule has 0 bridgehead atoms. The van der Waals surface area contributed by atoms with Gasteiger partial charge in [-0.1, -0.05) is 82.3 Å². The fourth-order valence-electron chi connectivity index (χ4n) is 5.88. The number of nitrogens with zero attached hydrogens (tertiary/aromatic N) is 3. The SMILES string of the molecule is CC(C)c1cc(-c2ccccc2)cc(C(C)C)c1-n1c(-c2cccc3c2oc2nc(F)ccc23)nc2ccccc21. The van der Waals surface area contributed by atoms with Crippen LogP contribution in [0.1, 0.15) is 50.7 Å². The van der Waals surface area contributed by atoms with E-state index in [0.717, 1.165) is 38.9 Å². The van der Waals surface area contributed by atoms with Crippen molar-refractivity contribution >= 4 is 33.1 Å². The van der Waals surface area contributed by atoms with Crippen molar-refractivity contribution in [3.05, 3.63) is 114 Å². The van der Waals surface area contributed by atoms with Crippen LogP contribution in [0.3, 0.4) is 0 Å². The average molecular weight is 540 g/mol. The van der Waals surface area contributed by atoms with Gasteiger partial charge in [-0.15, -0.1) is 0 Å². The smallest absolute Gasteiger partial charge is 0.229 e. The first-order valence-electron chi connectivity index (χ1n) is 14.1. The van der Waals surface area contributed by atoms with E-state index in [2.05, 4.69) is 91.8 Å². The molecule has 5 heteroatoms. The molecule has 0 fully saturated rings. The van der Waals surface area contributed by atoms with Crippen LogP contribution in [0.15, 0.2) is 101 Å². The Bertz CT molecular complexity index is 2040. The molecule has 0 radical (unpaired) electrons. The molecule has 4 aromatic carbocycles. The molecule has 7 rings (SSSR count). The Morgan fingerprint density at radius 3 is 2.12 bits per heavy atom. The third-order valence-corrected chi connectivity index (χ3v) is 7.88. The molecule has 3 heterocycles. The molecule has 3 aromatic heterocycles. The normalized spacial score (nSPS) is 12.0. The third-order valence-electron chi connectivity index (χ3n) is 7.88. The molecule has 4 nitrogen and oxygen atoms in total. The van der Waals surface area contributed by atoms with E-state index in [1.54, 1.807) is 6.07 Å². The van der Waals surface area contributed by atoms with Gasteiger partial charge in [0.05, 0.1) is 22.3 Å². The molecule has 0 saturated carbocycles. The first-order chi connectivity index (χ1) is 19.9. The zero-order chi connectivity index (χ0) is 28.2. The second kappa shape index (κ2) is 9.70. The highest BCUT2D eigenvalue weighted by Gasteiger charge is 2.25. The molecular weight excluding hydrogens is 509 g/mol. The van der Waals surface area contributed by atoms with Gasteiger partial charge in [-0.05, 0) is 76.6 Å². The zero-order valence-corrected chi connectivity index (χ0v) is 23.5. The van der Waals surface area contributed by atoms with Crippen LogP contribution in [-0.4, -0.2) is 14.5 Å². The molecule has 0 unspecified atom stereocenters. The minimum absolute atomic E-state index is 0.259. The summed E-state index contributed by atoms with van der Waals surface area (Å²) in [6.07, 6.45) is 0. The highest BCUT2D eigenvalue weighted by atomic mass is 19.1. The van der Waals surface area contributed by atoms with E-state index in [4.69, 9.17) is 9.40 Å². The number of aromatic nitrogens is 3. The van der Waals surface area contributed by atoms with E-state index >= 15 is 0 Å². The zero-order valence-electron chi connectivity index (χ0n) is 23.5. The lowest BCUT2D eigenvalue weighted by Gasteiger charge is -2.24. The highest BCUT2D eigenvalue weighted by molar-refractivity contribution is 6.08. The monoisotopic (exact) mass is 539 g/mol. The molecule has 41 heavy (non-hydrogen) atoms. The van der Waals surface area contributed by atoms with Gasteiger partial charge in [0.1, 0.15) is 11.4 Å². The third kappa shape index (κ3) is 4.12. The quantitative estimate of drug-likeness (QED) is 0.204. The predicted molar refractivity (Wildman–Crippen MR) is 165 cm³/mol. The second-order valence-corrected chi connectivity index (χ2v) is 11.2. The second-order valence-electron chi connectivity index (χ2n) is 11.2. The van der Waals surface area contributed by atoms with Crippen molar-refractivity contribution in [1.29, 1.82) is 0 Å². The van der Waals surface area contributed by atoms with Crippen molar-refractivity contribution in [2.24, 2.45) is 0 Å². The summed E-state index contributed by atoms with van der Waals surface area (Å²) in [5.74, 6) is 0.739. The molecule has 0 spiro atoms. The molecule has 0 aliphatic rings. The number of imidazole rings is 1. The maximum atomic E-state index is 14.0. The Morgan fingerprint density at radius 1 is 0.683 bits per heavy atom. The summed E-state index contributed by atoms with van der Waals surface area (Å²) in [6.45, 7) is 8.99. The summed E-state index contributed by atoms with van der Waals surface area (Å²) in [7, 11) is 0. The Hall–Kier alpha value is -4.77. The predicted octanol–water partition coefficient (Wildman–Crippen LogP) is 10.0. The number of rotatable bonds is 5. The number of furan rings is 1. The van der Waals surface area contributed by atoms with Gasteiger partial charge >= 0.3 is 0 Å². The summed E-state index contributed by atoms with van der Waals surface area (Å²) in [5, 5.41) is 1.67. The largest absolute Gasteiger partial charge is 0.437 e. The lowest BCUT2D eigenvalue weighted by atomic mass is 9.88. The molecule has 7 aromatic rings. The van der Waals surface area contributed by atoms with Crippen molar-refractivity contribution in [2.75, 3.05) is 0 Å². The number of halogens is 1. The van der Waals surface area contributed by atoms with Gasteiger partial charge in [0.25, 0.3) is 0 Å². The summed E-state index contributed by atoms with van der Waals surface area (Å²) in [5.41, 5.74) is 9.76. The maximum absolute atomic E-state index is 14.0. The Balaban J connectivity index is 1.59. The lowest BCUT2D eigenvalue weighted by Crippen LogP contribution is -2.09. The first-order valence-corrected chi connectivity index (χ1v) is 14.1. The van der Waals surface area contributed by atoms with Gasteiger partial charge in [0, 0.05) is 10.8 Å². The van der Waals surface area contributed by atoms with Gasteiger partial charge < -0.3 is 4.42 Å². The van der Waals surface area contributed by atoms with Gasteiger partial charge in [-0.25, -0.2) is 4.98 Å². The standard InChI is InChI=1S/C36H30FN3O/c1-21(2)28-19-24(23-11-6-5-7-12-23)20-29(22(3)4)33(28)40-31-16-9-8-15-30(31)38-35(40)27-14-10-13-25-26-17-18-32(37)39-36(26)41-34(25)27/h5-22H,1-4H3. The van der Waals surface area contributed by atoms with Crippen LogP contribution in [0, 0.1) is 5.95 Å². The van der Waals surface area contributed by atoms with E-state index in [1.807, 2.05) is 30.3 Å². The first kappa shape index (κ1) is 25.2. The Morgan fingerprint density at radius 2 is 1.39 bits per heavy atom. The van der Waals surface area contributed by atoms with Gasteiger partial charge in [0.15, 0.2) is 0 Å². The fraction of sp³-hybridized carbons (Fsp3) is 0.167. The Labute approximate surface area is 238 Å². The van der Waals surface area contributed by atoms with Crippen LogP contribution in [-0.2, 0) is 0 Å². The summed E-state index contributed by atoms with van der Waals surface area (Å²) >= 11 is 0. The molecule has 0 aliphatic heterocycles. The van der Waals surface area contributed by atoms with Crippen molar-refractivity contribution in [2.45, 2.75) is 39.5 Å². The number of para-hydroxylation sites is 3. The van der Waals surface area contributed by atoms with E-state index < -0.39 is 5.95 Å². The van der Waals surface area contributed by atoms with Crippen molar-refractivity contribution in [3.8, 4) is 28.2 Å². The number of fused-ring (bicyclic) bond motifs is 4. The Kier molecular flexibility index (Phi) is 5.97. The van der Waals surface area contributed by atoms with Crippen molar-refractivity contribution < 1.29 is 8.81 Å². The summed E-state index contributed by atoms with van der Waals surface area (Å²) in [4.78, 5) is 9.21. The van der Waals surface area contributed by atoms with Crippen molar-refractivity contribution in [1.82, 2.24) is 14.5 Å².